The number of aromatic amines is 1. The Morgan fingerprint density at radius 3 is 3.04 bits per heavy atom. The largest absolute Gasteiger partial charge is 0.456 e. The van der Waals surface area contributed by atoms with E-state index in [9.17, 15) is 4.79 Å². The van der Waals surface area contributed by atoms with E-state index in [1.54, 1.807) is 18.3 Å². The summed E-state index contributed by atoms with van der Waals surface area (Å²) >= 11 is 5.94. The van der Waals surface area contributed by atoms with Crippen molar-refractivity contribution in [1.82, 2.24) is 19.7 Å². The van der Waals surface area contributed by atoms with Crippen molar-refractivity contribution in [3.63, 3.8) is 0 Å². The quantitative estimate of drug-likeness (QED) is 0.577. The Labute approximate surface area is 137 Å². The zero-order valence-electron chi connectivity index (χ0n) is 12.0. The summed E-state index contributed by atoms with van der Waals surface area (Å²) in [7, 11) is 0. The first kappa shape index (κ1) is 15.1. The van der Waals surface area contributed by atoms with Crippen molar-refractivity contribution >= 4 is 23.8 Å². The highest BCUT2D eigenvalue weighted by Crippen LogP contribution is 2.18. The Morgan fingerprint density at radius 1 is 1.35 bits per heavy atom. The number of nitrogens with one attached hydrogen (secondary N) is 1. The van der Waals surface area contributed by atoms with Gasteiger partial charge in [-0.2, -0.15) is 0 Å². The van der Waals surface area contributed by atoms with Crippen LogP contribution in [0.15, 0.2) is 55.0 Å². The molecule has 3 aromatic rings. The summed E-state index contributed by atoms with van der Waals surface area (Å²) in [5.41, 5.74) is 1.63. The summed E-state index contributed by atoms with van der Waals surface area (Å²) < 4.78 is 6.52. The van der Waals surface area contributed by atoms with E-state index >= 15 is 0 Å². The maximum absolute atomic E-state index is 11.6. The third-order valence-corrected chi connectivity index (χ3v) is 3.22. The van der Waals surface area contributed by atoms with Gasteiger partial charge in [0.1, 0.15) is 12.9 Å². The van der Waals surface area contributed by atoms with Gasteiger partial charge in [0.2, 0.25) is 0 Å². The zero-order chi connectivity index (χ0) is 16.1. The topological polar surface area (TPSA) is 72.8 Å². The van der Waals surface area contributed by atoms with E-state index in [1.807, 2.05) is 24.3 Å². The van der Waals surface area contributed by atoms with Crippen molar-refractivity contribution in [3.05, 3.63) is 65.7 Å². The van der Waals surface area contributed by atoms with Gasteiger partial charge < -0.3 is 9.72 Å². The van der Waals surface area contributed by atoms with Gasteiger partial charge >= 0.3 is 5.97 Å². The van der Waals surface area contributed by atoms with Gasteiger partial charge in [-0.05, 0) is 24.3 Å². The highest BCUT2D eigenvalue weighted by Gasteiger charge is 2.04. The molecule has 2 heterocycles. The molecule has 3 rings (SSSR count). The monoisotopic (exact) mass is 328 g/mol. The molecule has 6 nitrogen and oxygen atoms in total. The molecular weight excluding hydrogens is 316 g/mol. The molecule has 0 aliphatic heterocycles. The van der Waals surface area contributed by atoms with Crippen LogP contribution in [-0.2, 0) is 16.1 Å². The Hall–Kier alpha value is -2.86. The minimum atomic E-state index is -0.459. The number of ether oxygens (including phenoxy) is 1. The molecule has 2 aromatic heterocycles. The van der Waals surface area contributed by atoms with Gasteiger partial charge in [0.05, 0.1) is 5.69 Å². The summed E-state index contributed by atoms with van der Waals surface area (Å²) in [4.78, 5) is 18.8. The fourth-order valence-corrected chi connectivity index (χ4v) is 2.09. The summed E-state index contributed by atoms with van der Waals surface area (Å²) in [5.74, 6) is 0.0660. The van der Waals surface area contributed by atoms with Crippen LogP contribution < -0.4 is 0 Å². The van der Waals surface area contributed by atoms with Crippen LogP contribution in [0.5, 0.6) is 0 Å². The van der Waals surface area contributed by atoms with Gasteiger partial charge in [-0.25, -0.2) is 14.5 Å². The first-order chi connectivity index (χ1) is 11.2. The van der Waals surface area contributed by atoms with E-state index < -0.39 is 5.97 Å². The average molecular weight is 329 g/mol. The Morgan fingerprint density at radius 2 is 2.26 bits per heavy atom. The van der Waals surface area contributed by atoms with Gasteiger partial charge in [-0.3, -0.25) is 0 Å². The third kappa shape index (κ3) is 4.08. The van der Waals surface area contributed by atoms with Gasteiger partial charge in [-0.15, -0.1) is 5.10 Å². The molecule has 23 heavy (non-hydrogen) atoms. The van der Waals surface area contributed by atoms with Gasteiger partial charge in [-0.1, -0.05) is 23.7 Å². The normalized spacial score (nSPS) is 11.0. The molecule has 0 amide bonds. The maximum Gasteiger partial charge on any atom is 0.332 e. The second-order valence-electron chi connectivity index (χ2n) is 4.68. The number of carbonyl (C=O) groups excluding carboxylic acids is 1. The molecule has 0 spiro atoms. The highest BCUT2D eigenvalue weighted by atomic mass is 35.5. The molecule has 0 aliphatic carbocycles. The fraction of sp³-hybridized carbons (Fsp3) is 0.0625. The van der Waals surface area contributed by atoms with E-state index in [0.29, 0.717) is 10.8 Å². The predicted molar refractivity (Wildman–Crippen MR) is 86.4 cm³/mol. The molecule has 0 atom stereocenters. The molecule has 116 valence electrons. The van der Waals surface area contributed by atoms with E-state index in [0.717, 1.165) is 11.3 Å². The first-order valence-corrected chi connectivity index (χ1v) is 7.23. The minimum Gasteiger partial charge on any atom is -0.456 e. The van der Waals surface area contributed by atoms with E-state index in [1.165, 1.54) is 23.3 Å². The molecule has 0 unspecified atom stereocenters. The molecule has 1 aromatic carbocycles. The molecule has 0 bridgehead atoms. The lowest BCUT2D eigenvalue weighted by molar-refractivity contribution is -0.139. The fourth-order valence-electron chi connectivity index (χ4n) is 1.90. The molecule has 0 fully saturated rings. The lowest BCUT2D eigenvalue weighted by atomic mass is 10.2. The minimum absolute atomic E-state index is 0.196. The maximum atomic E-state index is 11.6. The number of benzene rings is 1. The number of H-pyrrole nitrogens is 1. The number of carbonyl (C=O) groups is 1. The average Bonchev–Trinajstić information content (AvgIpc) is 3.22. The van der Waals surface area contributed by atoms with E-state index in [4.69, 9.17) is 16.3 Å². The van der Waals surface area contributed by atoms with Crippen LogP contribution in [0.1, 0.15) is 5.69 Å². The lowest BCUT2D eigenvalue weighted by Crippen LogP contribution is -2.01. The SMILES string of the molecule is O=C(/C=C\n1cnc(-c2cccc(Cl)c2)n1)OCc1ccc[nH]1. The van der Waals surface area contributed by atoms with Crippen molar-refractivity contribution in [2.75, 3.05) is 0 Å². The summed E-state index contributed by atoms with van der Waals surface area (Å²) in [6, 6.07) is 10.9. The Bertz CT molecular complexity index is 824. The first-order valence-electron chi connectivity index (χ1n) is 6.85. The molecule has 0 radical (unpaired) electrons. The van der Waals surface area contributed by atoms with Crippen LogP contribution in [0, 0.1) is 0 Å². The van der Waals surface area contributed by atoms with Crippen LogP contribution in [0.25, 0.3) is 17.6 Å². The van der Waals surface area contributed by atoms with Crippen LogP contribution >= 0.6 is 11.6 Å². The van der Waals surface area contributed by atoms with Crippen LogP contribution in [0.3, 0.4) is 0 Å². The number of halogens is 1. The predicted octanol–water partition coefficient (Wildman–Crippen LogP) is 3.14. The van der Waals surface area contributed by atoms with Crippen LogP contribution in [0.2, 0.25) is 5.02 Å². The summed E-state index contributed by atoms with van der Waals surface area (Å²) in [6.45, 7) is 0.196. The number of aromatic nitrogens is 4. The second kappa shape index (κ2) is 6.93. The van der Waals surface area contributed by atoms with Gasteiger partial charge in [0, 0.05) is 29.1 Å². The number of esters is 1. The molecular formula is C16H13ClN4O2. The smallest absolute Gasteiger partial charge is 0.332 e. The molecule has 1 N–H and O–H groups in total. The van der Waals surface area contributed by atoms with Gasteiger partial charge in [0.25, 0.3) is 0 Å². The Kier molecular flexibility index (Phi) is 4.54. The van der Waals surface area contributed by atoms with Crippen molar-refractivity contribution in [3.8, 4) is 11.4 Å². The van der Waals surface area contributed by atoms with E-state index in [-0.39, 0.29) is 6.61 Å². The van der Waals surface area contributed by atoms with Crippen molar-refractivity contribution in [2.24, 2.45) is 0 Å². The molecule has 0 saturated heterocycles. The number of hydrogen-bond donors (Lipinski definition) is 1. The lowest BCUT2D eigenvalue weighted by Gasteiger charge is -1.99. The third-order valence-electron chi connectivity index (χ3n) is 2.99. The van der Waals surface area contributed by atoms with Crippen LogP contribution in [0.4, 0.5) is 0 Å². The van der Waals surface area contributed by atoms with E-state index in [2.05, 4.69) is 15.1 Å². The number of rotatable bonds is 5. The van der Waals surface area contributed by atoms with Crippen LogP contribution in [-0.4, -0.2) is 25.7 Å². The second-order valence-corrected chi connectivity index (χ2v) is 5.11. The van der Waals surface area contributed by atoms with Crippen molar-refractivity contribution in [2.45, 2.75) is 6.61 Å². The zero-order valence-corrected chi connectivity index (χ0v) is 12.8. The number of hydrogen-bond acceptors (Lipinski definition) is 4. The summed E-state index contributed by atoms with van der Waals surface area (Å²) in [6.07, 6.45) is 6.05. The molecule has 0 saturated carbocycles. The Balaban J connectivity index is 1.61. The number of nitrogens with zero attached hydrogens (tertiary/aromatic N) is 3. The molecule has 0 aliphatic rings. The summed E-state index contributed by atoms with van der Waals surface area (Å²) in [5, 5.41) is 4.86. The molecule has 7 heteroatoms. The highest BCUT2D eigenvalue weighted by molar-refractivity contribution is 6.30. The van der Waals surface area contributed by atoms with Gasteiger partial charge in [0.15, 0.2) is 5.82 Å². The standard InChI is InChI=1S/C16H13ClN4O2/c17-13-4-1-3-12(9-13)16-19-11-21(20-16)8-6-15(22)23-10-14-5-2-7-18-14/h1-9,11,18H,10H2/b8-6-. The van der Waals surface area contributed by atoms with Crippen molar-refractivity contribution < 1.29 is 9.53 Å². The van der Waals surface area contributed by atoms with Crippen molar-refractivity contribution in [1.29, 1.82) is 0 Å².